The normalized spacial score (nSPS) is 20.8. The molecule has 1 aliphatic rings. The topological polar surface area (TPSA) is 119 Å². The second kappa shape index (κ2) is 6.19. The van der Waals surface area contributed by atoms with E-state index in [0.717, 1.165) is 6.42 Å². The zero-order chi connectivity index (χ0) is 12.8. The van der Waals surface area contributed by atoms with Gasteiger partial charge in [-0.2, -0.15) is 0 Å². The Morgan fingerprint density at radius 1 is 1.47 bits per heavy atom. The van der Waals surface area contributed by atoms with Crippen LogP contribution in [0.4, 0.5) is 0 Å². The number of rotatable bonds is 6. The minimum absolute atomic E-state index is 0.0108. The second-order valence-electron chi connectivity index (χ2n) is 3.91. The average molecular weight is 244 g/mol. The molecule has 0 aromatic rings. The lowest BCUT2D eigenvalue weighted by Gasteiger charge is -2.16. The molecule has 0 saturated carbocycles. The van der Waals surface area contributed by atoms with E-state index < -0.39 is 29.9 Å². The highest BCUT2D eigenvalue weighted by Gasteiger charge is 2.28. The minimum atomic E-state index is -1.18. The SMILES string of the molecule is NC(=O)CC[C@H](NC(=O)C1CCCO1)C(=O)O. The van der Waals surface area contributed by atoms with Crippen LogP contribution in [0.3, 0.4) is 0 Å². The Labute approximate surface area is 98.3 Å². The van der Waals surface area contributed by atoms with Gasteiger partial charge in [0, 0.05) is 13.0 Å². The third-order valence-corrected chi connectivity index (χ3v) is 2.52. The number of hydrogen-bond acceptors (Lipinski definition) is 4. The van der Waals surface area contributed by atoms with E-state index >= 15 is 0 Å². The molecule has 4 N–H and O–H groups in total. The first-order chi connectivity index (χ1) is 8.00. The number of carbonyl (C=O) groups excluding carboxylic acids is 2. The number of hydrogen-bond donors (Lipinski definition) is 3. The fourth-order valence-corrected chi connectivity index (χ4v) is 1.59. The van der Waals surface area contributed by atoms with Crippen molar-refractivity contribution in [2.75, 3.05) is 6.61 Å². The van der Waals surface area contributed by atoms with Gasteiger partial charge in [-0.1, -0.05) is 0 Å². The molecule has 7 heteroatoms. The van der Waals surface area contributed by atoms with Gasteiger partial charge in [-0.3, -0.25) is 9.59 Å². The molecule has 0 aliphatic carbocycles. The lowest BCUT2D eigenvalue weighted by Crippen LogP contribution is -2.45. The third kappa shape index (κ3) is 4.39. The van der Waals surface area contributed by atoms with Gasteiger partial charge in [-0.05, 0) is 19.3 Å². The predicted molar refractivity (Wildman–Crippen MR) is 57.0 cm³/mol. The highest BCUT2D eigenvalue weighted by molar-refractivity contribution is 5.86. The first kappa shape index (κ1) is 13.4. The first-order valence-corrected chi connectivity index (χ1v) is 5.44. The minimum Gasteiger partial charge on any atom is -0.480 e. The number of primary amides is 1. The Balaban J connectivity index is 2.44. The van der Waals surface area contributed by atoms with Crippen molar-refractivity contribution in [1.29, 1.82) is 0 Å². The van der Waals surface area contributed by atoms with Crippen LogP contribution in [0.1, 0.15) is 25.7 Å². The molecule has 17 heavy (non-hydrogen) atoms. The molecule has 1 rings (SSSR count). The van der Waals surface area contributed by atoms with Gasteiger partial charge in [-0.25, -0.2) is 4.79 Å². The summed E-state index contributed by atoms with van der Waals surface area (Å²) in [5.41, 5.74) is 4.92. The fourth-order valence-electron chi connectivity index (χ4n) is 1.59. The van der Waals surface area contributed by atoms with Crippen LogP contribution in [-0.2, 0) is 19.1 Å². The van der Waals surface area contributed by atoms with Crippen LogP contribution < -0.4 is 11.1 Å². The molecule has 0 aromatic heterocycles. The fraction of sp³-hybridized carbons (Fsp3) is 0.700. The molecule has 1 aliphatic heterocycles. The molecule has 0 spiro atoms. The third-order valence-electron chi connectivity index (χ3n) is 2.52. The lowest BCUT2D eigenvalue weighted by molar-refractivity contribution is -0.144. The van der Waals surface area contributed by atoms with Gasteiger partial charge in [-0.15, -0.1) is 0 Å². The summed E-state index contributed by atoms with van der Waals surface area (Å²) in [6.07, 6.45) is 0.710. The molecule has 2 atom stereocenters. The maximum Gasteiger partial charge on any atom is 0.326 e. The van der Waals surface area contributed by atoms with Crippen molar-refractivity contribution in [3.63, 3.8) is 0 Å². The molecule has 1 unspecified atom stereocenters. The Morgan fingerprint density at radius 2 is 2.18 bits per heavy atom. The van der Waals surface area contributed by atoms with E-state index in [9.17, 15) is 14.4 Å². The molecular formula is C10H16N2O5. The van der Waals surface area contributed by atoms with E-state index in [4.69, 9.17) is 15.6 Å². The van der Waals surface area contributed by atoms with Crippen molar-refractivity contribution in [2.45, 2.75) is 37.8 Å². The number of carboxylic acids is 1. The van der Waals surface area contributed by atoms with E-state index in [0.29, 0.717) is 13.0 Å². The van der Waals surface area contributed by atoms with Gasteiger partial charge in [0.1, 0.15) is 12.1 Å². The summed E-state index contributed by atoms with van der Waals surface area (Å²) in [5, 5.41) is 11.2. The van der Waals surface area contributed by atoms with Gasteiger partial charge >= 0.3 is 5.97 Å². The monoisotopic (exact) mass is 244 g/mol. The number of carboxylic acid groups (broad SMARTS) is 1. The van der Waals surface area contributed by atoms with E-state index in [2.05, 4.69) is 5.32 Å². The molecule has 1 fully saturated rings. The summed E-state index contributed by atoms with van der Waals surface area (Å²) < 4.78 is 5.12. The summed E-state index contributed by atoms with van der Waals surface area (Å²) in [4.78, 5) is 33.0. The summed E-state index contributed by atoms with van der Waals surface area (Å²) in [6, 6.07) is -1.10. The maximum atomic E-state index is 11.6. The van der Waals surface area contributed by atoms with Crippen LogP contribution in [0.5, 0.6) is 0 Å². The number of nitrogens with one attached hydrogen (secondary N) is 1. The van der Waals surface area contributed by atoms with Crippen molar-refractivity contribution < 1.29 is 24.2 Å². The Kier molecular flexibility index (Phi) is 4.89. The van der Waals surface area contributed by atoms with E-state index in [1.54, 1.807) is 0 Å². The highest BCUT2D eigenvalue weighted by atomic mass is 16.5. The molecule has 0 bridgehead atoms. The molecule has 0 aromatic carbocycles. The Hall–Kier alpha value is -1.63. The van der Waals surface area contributed by atoms with Crippen molar-refractivity contribution in [2.24, 2.45) is 5.73 Å². The Bertz CT molecular complexity index is 312. The smallest absolute Gasteiger partial charge is 0.326 e. The lowest BCUT2D eigenvalue weighted by atomic mass is 10.1. The predicted octanol–water partition coefficient (Wildman–Crippen LogP) is -1.000. The van der Waals surface area contributed by atoms with Gasteiger partial charge in [0.25, 0.3) is 0 Å². The van der Waals surface area contributed by atoms with E-state index in [1.807, 2.05) is 0 Å². The summed E-state index contributed by atoms with van der Waals surface area (Å²) in [6.45, 7) is 0.511. The second-order valence-corrected chi connectivity index (χ2v) is 3.91. The number of aliphatic carboxylic acids is 1. The van der Waals surface area contributed by atoms with Crippen LogP contribution >= 0.6 is 0 Å². The molecular weight excluding hydrogens is 228 g/mol. The summed E-state index contributed by atoms with van der Waals surface area (Å²) >= 11 is 0. The van der Waals surface area contributed by atoms with Crippen LogP contribution in [-0.4, -0.2) is 41.6 Å². The molecule has 2 amide bonds. The van der Waals surface area contributed by atoms with Crippen molar-refractivity contribution in [3.05, 3.63) is 0 Å². The van der Waals surface area contributed by atoms with Gasteiger partial charge < -0.3 is 20.9 Å². The van der Waals surface area contributed by atoms with Crippen molar-refractivity contribution in [1.82, 2.24) is 5.32 Å². The number of ether oxygens (including phenoxy) is 1. The molecule has 0 radical (unpaired) electrons. The van der Waals surface area contributed by atoms with Gasteiger partial charge in [0.15, 0.2) is 0 Å². The van der Waals surface area contributed by atoms with Crippen molar-refractivity contribution >= 4 is 17.8 Å². The average Bonchev–Trinajstić information content (AvgIpc) is 2.76. The molecule has 96 valence electrons. The van der Waals surface area contributed by atoms with Crippen molar-refractivity contribution in [3.8, 4) is 0 Å². The number of nitrogens with two attached hydrogens (primary N) is 1. The summed E-state index contributed by atoms with van der Waals surface area (Å²) in [5.74, 6) is -2.22. The number of amides is 2. The van der Waals surface area contributed by atoms with Crippen LogP contribution in [0.15, 0.2) is 0 Å². The van der Waals surface area contributed by atoms with E-state index in [1.165, 1.54) is 0 Å². The summed E-state index contributed by atoms with van der Waals surface area (Å²) in [7, 11) is 0. The zero-order valence-electron chi connectivity index (χ0n) is 9.35. The van der Waals surface area contributed by atoms with Gasteiger partial charge in [0.2, 0.25) is 11.8 Å². The standard InChI is InChI=1S/C10H16N2O5/c11-8(13)4-3-6(10(15)16)12-9(14)7-2-1-5-17-7/h6-7H,1-5H2,(H2,11,13)(H,12,14)(H,15,16)/t6-,7?/m0/s1. The number of carbonyl (C=O) groups is 3. The highest BCUT2D eigenvalue weighted by Crippen LogP contribution is 2.12. The van der Waals surface area contributed by atoms with Crippen LogP contribution in [0, 0.1) is 0 Å². The van der Waals surface area contributed by atoms with Crippen LogP contribution in [0.2, 0.25) is 0 Å². The maximum absolute atomic E-state index is 11.6. The molecule has 7 nitrogen and oxygen atoms in total. The largest absolute Gasteiger partial charge is 0.480 e. The van der Waals surface area contributed by atoms with Crippen LogP contribution in [0.25, 0.3) is 0 Å². The van der Waals surface area contributed by atoms with Gasteiger partial charge in [0.05, 0.1) is 0 Å². The van der Waals surface area contributed by atoms with E-state index in [-0.39, 0.29) is 12.8 Å². The first-order valence-electron chi connectivity index (χ1n) is 5.44. The molecule has 1 saturated heterocycles. The molecule has 1 heterocycles. The Morgan fingerprint density at radius 3 is 2.65 bits per heavy atom. The zero-order valence-corrected chi connectivity index (χ0v) is 9.35. The quantitative estimate of drug-likeness (QED) is 0.553.